The molecule has 146 valence electrons. The van der Waals surface area contributed by atoms with Crippen LogP contribution in [0.2, 0.25) is 0 Å². The van der Waals surface area contributed by atoms with E-state index in [4.69, 9.17) is 0 Å². The standard InChI is InChI=1S/C21H23N3O3S/c1-16-3-9-20(10-4-16)28(26,27)14-11-21(25)23-17(2)18-5-7-19(8-6-18)24-13-12-22-15-24/h3-10,12-13,15,17H,11,14H2,1-2H3,(H,23,25). The number of sulfone groups is 1. The van der Waals surface area contributed by atoms with Crippen LogP contribution in [-0.2, 0) is 14.6 Å². The first-order valence-corrected chi connectivity index (χ1v) is 10.7. The zero-order chi connectivity index (χ0) is 20.1. The molecule has 1 unspecified atom stereocenters. The van der Waals surface area contributed by atoms with Gasteiger partial charge < -0.3 is 9.88 Å². The number of rotatable bonds is 7. The molecule has 2 aromatic carbocycles. The van der Waals surface area contributed by atoms with Crippen molar-refractivity contribution in [1.29, 1.82) is 0 Å². The summed E-state index contributed by atoms with van der Waals surface area (Å²) in [5.74, 6) is -0.504. The number of imidazole rings is 1. The van der Waals surface area contributed by atoms with Crippen molar-refractivity contribution < 1.29 is 13.2 Å². The van der Waals surface area contributed by atoms with E-state index >= 15 is 0 Å². The number of nitrogens with zero attached hydrogens (tertiary/aromatic N) is 2. The molecule has 0 saturated carbocycles. The Morgan fingerprint density at radius 3 is 2.39 bits per heavy atom. The van der Waals surface area contributed by atoms with Crippen molar-refractivity contribution in [1.82, 2.24) is 14.9 Å². The third-order valence-corrected chi connectivity index (χ3v) is 6.28. The SMILES string of the molecule is Cc1ccc(S(=O)(=O)CCC(=O)NC(C)c2ccc(-n3ccnc3)cc2)cc1. The minimum atomic E-state index is -3.47. The highest BCUT2D eigenvalue weighted by atomic mass is 32.2. The summed E-state index contributed by atoms with van der Waals surface area (Å²) < 4.78 is 26.6. The highest BCUT2D eigenvalue weighted by Gasteiger charge is 2.17. The Labute approximate surface area is 165 Å². The van der Waals surface area contributed by atoms with Gasteiger partial charge in [-0.3, -0.25) is 4.79 Å². The van der Waals surface area contributed by atoms with Crippen LogP contribution in [0.5, 0.6) is 0 Å². The van der Waals surface area contributed by atoms with Crippen LogP contribution in [0.1, 0.15) is 30.5 Å². The topological polar surface area (TPSA) is 81.1 Å². The quantitative estimate of drug-likeness (QED) is 0.664. The van der Waals surface area contributed by atoms with Crippen LogP contribution in [0.4, 0.5) is 0 Å². The molecule has 0 aliphatic rings. The second kappa shape index (κ2) is 8.39. The lowest BCUT2D eigenvalue weighted by molar-refractivity contribution is -0.121. The van der Waals surface area contributed by atoms with Crippen molar-refractivity contribution in [2.45, 2.75) is 31.2 Å². The molecule has 1 atom stereocenters. The summed E-state index contributed by atoms with van der Waals surface area (Å²) in [6.45, 7) is 3.77. The molecule has 0 fully saturated rings. The predicted molar refractivity (Wildman–Crippen MR) is 108 cm³/mol. The third kappa shape index (κ3) is 4.86. The Bertz CT molecular complexity index is 1030. The third-order valence-electron chi connectivity index (χ3n) is 4.55. The Hall–Kier alpha value is -2.93. The molecule has 3 rings (SSSR count). The number of aryl methyl sites for hydroxylation is 1. The number of carbonyl (C=O) groups excluding carboxylic acids is 1. The average Bonchev–Trinajstić information content (AvgIpc) is 3.22. The minimum Gasteiger partial charge on any atom is -0.350 e. The van der Waals surface area contributed by atoms with E-state index in [1.54, 1.807) is 36.8 Å². The zero-order valence-corrected chi connectivity index (χ0v) is 16.7. The van der Waals surface area contributed by atoms with Crippen molar-refractivity contribution in [3.05, 3.63) is 78.4 Å². The molecule has 0 aliphatic heterocycles. The van der Waals surface area contributed by atoms with E-state index in [1.165, 1.54) is 0 Å². The monoisotopic (exact) mass is 397 g/mol. The summed E-state index contributed by atoms with van der Waals surface area (Å²) in [7, 11) is -3.47. The number of benzene rings is 2. The van der Waals surface area contributed by atoms with Gasteiger partial charge in [-0.05, 0) is 43.7 Å². The lowest BCUT2D eigenvalue weighted by atomic mass is 10.1. The highest BCUT2D eigenvalue weighted by Crippen LogP contribution is 2.17. The summed E-state index contributed by atoms with van der Waals surface area (Å²) in [5.41, 5.74) is 2.91. The zero-order valence-electron chi connectivity index (χ0n) is 15.9. The molecule has 1 N–H and O–H groups in total. The number of hydrogen-bond donors (Lipinski definition) is 1. The summed E-state index contributed by atoms with van der Waals surface area (Å²) >= 11 is 0. The maximum atomic E-state index is 12.4. The fourth-order valence-electron chi connectivity index (χ4n) is 2.83. The Morgan fingerprint density at radius 2 is 1.79 bits per heavy atom. The first kappa shape index (κ1) is 19.8. The molecular weight excluding hydrogens is 374 g/mol. The first-order valence-electron chi connectivity index (χ1n) is 9.02. The van der Waals surface area contributed by atoms with Gasteiger partial charge in [-0.25, -0.2) is 13.4 Å². The number of hydrogen-bond acceptors (Lipinski definition) is 4. The first-order chi connectivity index (χ1) is 13.3. The fourth-order valence-corrected chi connectivity index (χ4v) is 4.08. The summed E-state index contributed by atoms with van der Waals surface area (Å²) in [5, 5.41) is 2.86. The minimum absolute atomic E-state index is 0.0757. The van der Waals surface area contributed by atoms with E-state index in [-0.39, 0.29) is 29.0 Å². The number of carbonyl (C=O) groups is 1. The number of amides is 1. The smallest absolute Gasteiger partial charge is 0.221 e. The van der Waals surface area contributed by atoms with Crippen molar-refractivity contribution in [3.8, 4) is 5.69 Å². The molecule has 0 radical (unpaired) electrons. The maximum Gasteiger partial charge on any atom is 0.221 e. The van der Waals surface area contributed by atoms with Crippen LogP contribution in [-0.4, -0.2) is 29.6 Å². The second-order valence-electron chi connectivity index (χ2n) is 6.73. The van der Waals surface area contributed by atoms with Crippen LogP contribution in [0.15, 0.2) is 72.1 Å². The van der Waals surface area contributed by atoms with Gasteiger partial charge in [0.25, 0.3) is 0 Å². The molecule has 28 heavy (non-hydrogen) atoms. The normalized spacial score (nSPS) is 12.5. The lowest BCUT2D eigenvalue weighted by Gasteiger charge is -2.15. The van der Waals surface area contributed by atoms with Gasteiger partial charge in [-0.15, -0.1) is 0 Å². The molecule has 7 heteroatoms. The van der Waals surface area contributed by atoms with E-state index in [2.05, 4.69) is 10.3 Å². The van der Waals surface area contributed by atoms with E-state index in [0.717, 1.165) is 16.8 Å². The van der Waals surface area contributed by atoms with E-state index in [1.807, 2.05) is 48.9 Å². The summed E-state index contributed by atoms with van der Waals surface area (Å²) in [6.07, 6.45) is 5.21. The predicted octanol–water partition coefficient (Wildman–Crippen LogP) is 3.22. The van der Waals surface area contributed by atoms with Gasteiger partial charge in [0, 0.05) is 24.5 Å². The van der Waals surface area contributed by atoms with Crippen molar-refractivity contribution in [2.24, 2.45) is 0 Å². The van der Waals surface area contributed by atoms with E-state index < -0.39 is 9.84 Å². The molecule has 1 amide bonds. The summed E-state index contributed by atoms with van der Waals surface area (Å²) in [6, 6.07) is 14.2. The molecule has 3 aromatic rings. The molecule has 0 saturated heterocycles. The van der Waals surface area contributed by atoms with Crippen LogP contribution in [0.3, 0.4) is 0 Å². The molecule has 1 aromatic heterocycles. The fraction of sp³-hybridized carbons (Fsp3) is 0.238. The number of aromatic nitrogens is 2. The second-order valence-corrected chi connectivity index (χ2v) is 8.84. The maximum absolute atomic E-state index is 12.4. The van der Waals surface area contributed by atoms with Gasteiger partial charge in [-0.2, -0.15) is 0 Å². The average molecular weight is 398 g/mol. The molecule has 6 nitrogen and oxygen atoms in total. The van der Waals surface area contributed by atoms with Gasteiger partial charge in [-0.1, -0.05) is 29.8 Å². The van der Waals surface area contributed by atoms with Crippen LogP contribution in [0, 0.1) is 6.92 Å². The van der Waals surface area contributed by atoms with Crippen LogP contribution >= 0.6 is 0 Å². The Morgan fingerprint density at radius 1 is 1.11 bits per heavy atom. The van der Waals surface area contributed by atoms with E-state index in [9.17, 15) is 13.2 Å². The van der Waals surface area contributed by atoms with Crippen molar-refractivity contribution in [2.75, 3.05) is 5.75 Å². The van der Waals surface area contributed by atoms with Gasteiger partial charge in [0.15, 0.2) is 9.84 Å². The Balaban J connectivity index is 1.56. The molecular formula is C21H23N3O3S. The summed E-state index contributed by atoms with van der Waals surface area (Å²) in [4.78, 5) is 16.5. The molecule has 0 spiro atoms. The Kier molecular flexibility index (Phi) is 5.94. The van der Waals surface area contributed by atoms with E-state index in [0.29, 0.717) is 0 Å². The van der Waals surface area contributed by atoms with Crippen molar-refractivity contribution >= 4 is 15.7 Å². The molecule has 0 bridgehead atoms. The van der Waals surface area contributed by atoms with Gasteiger partial charge in [0.1, 0.15) is 0 Å². The largest absolute Gasteiger partial charge is 0.350 e. The van der Waals surface area contributed by atoms with Gasteiger partial charge in [0.05, 0.1) is 23.0 Å². The lowest BCUT2D eigenvalue weighted by Crippen LogP contribution is -2.28. The highest BCUT2D eigenvalue weighted by molar-refractivity contribution is 7.91. The molecule has 1 heterocycles. The van der Waals surface area contributed by atoms with Crippen LogP contribution < -0.4 is 5.32 Å². The molecule has 0 aliphatic carbocycles. The van der Waals surface area contributed by atoms with Gasteiger partial charge in [0.2, 0.25) is 5.91 Å². The van der Waals surface area contributed by atoms with Crippen molar-refractivity contribution in [3.63, 3.8) is 0 Å². The van der Waals surface area contributed by atoms with Crippen LogP contribution in [0.25, 0.3) is 5.69 Å². The number of nitrogens with one attached hydrogen (secondary N) is 1. The van der Waals surface area contributed by atoms with Gasteiger partial charge >= 0.3 is 0 Å².